The number of pyridine rings is 1. The lowest BCUT2D eigenvalue weighted by Crippen LogP contribution is -2.36. The minimum Gasteiger partial charge on any atom is -0.462 e. The lowest BCUT2D eigenvalue weighted by atomic mass is 10.1. The average Bonchev–Trinajstić information content (AvgIpc) is 2.42. The molecule has 0 bridgehead atoms. The van der Waals surface area contributed by atoms with E-state index in [2.05, 4.69) is 22.2 Å². The van der Waals surface area contributed by atoms with Gasteiger partial charge in [-0.1, -0.05) is 0 Å². The van der Waals surface area contributed by atoms with Crippen molar-refractivity contribution in [2.45, 2.75) is 25.8 Å². The number of nitrogens with zero attached hydrogens (tertiary/aromatic N) is 2. The Bertz CT molecular complexity index is 411. The molecule has 2 rings (SSSR count). The zero-order chi connectivity index (χ0) is 13.7. The SMILES string of the molecule is CCOC(=O)c1ccc(NC2CCN(C)CC2)nc1. The number of hydrogen-bond acceptors (Lipinski definition) is 5. The number of hydrogen-bond donors (Lipinski definition) is 1. The fourth-order valence-electron chi connectivity index (χ4n) is 2.18. The molecule has 0 unspecified atom stereocenters. The third kappa shape index (κ3) is 3.92. The Morgan fingerprint density at radius 2 is 2.21 bits per heavy atom. The lowest BCUT2D eigenvalue weighted by molar-refractivity contribution is 0.0526. The first-order valence-electron chi connectivity index (χ1n) is 6.77. The molecule has 1 fully saturated rings. The van der Waals surface area contributed by atoms with Crippen LogP contribution in [0.4, 0.5) is 5.82 Å². The van der Waals surface area contributed by atoms with E-state index < -0.39 is 0 Å². The third-order valence-electron chi connectivity index (χ3n) is 3.35. The number of rotatable bonds is 4. The molecule has 0 spiro atoms. The van der Waals surface area contributed by atoms with Gasteiger partial charge in [-0.15, -0.1) is 0 Å². The van der Waals surface area contributed by atoms with Gasteiger partial charge in [-0.2, -0.15) is 0 Å². The Morgan fingerprint density at radius 3 is 2.79 bits per heavy atom. The zero-order valence-corrected chi connectivity index (χ0v) is 11.6. The molecule has 0 radical (unpaired) electrons. The summed E-state index contributed by atoms with van der Waals surface area (Å²) in [7, 11) is 2.14. The summed E-state index contributed by atoms with van der Waals surface area (Å²) in [6, 6.07) is 4.06. The predicted octanol–water partition coefficient (Wildman–Crippen LogP) is 1.76. The van der Waals surface area contributed by atoms with E-state index in [-0.39, 0.29) is 5.97 Å². The van der Waals surface area contributed by atoms with Crippen molar-refractivity contribution in [1.29, 1.82) is 0 Å². The number of anilines is 1. The number of aromatic nitrogens is 1. The molecular formula is C14H21N3O2. The van der Waals surface area contributed by atoms with Crippen molar-refractivity contribution in [3.05, 3.63) is 23.9 Å². The van der Waals surface area contributed by atoms with Crippen LogP contribution in [-0.2, 0) is 4.74 Å². The monoisotopic (exact) mass is 263 g/mol. The Balaban J connectivity index is 1.90. The van der Waals surface area contributed by atoms with Crippen LogP contribution in [0.5, 0.6) is 0 Å². The number of carbonyl (C=O) groups is 1. The van der Waals surface area contributed by atoms with E-state index in [9.17, 15) is 4.79 Å². The van der Waals surface area contributed by atoms with Crippen molar-refractivity contribution >= 4 is 11.8 Å². The maximum atomic E-state index is 11.5. The van der Waals surface area contributed by atoms with Gasteiger partial charge < -0.3 is 15.0 Å². The lowest BCUT2D eigenvalue weighted by Gasteiger charge is -2.29. The second-order valence-electron chi connectivity index (χ2n) is 4.87. The number of piperidine rings is 1. The summed E-state index contributed by atoms with van der Waals surface area (Å²) < 4.78 is 4.92. The first kappa shape index (κ1) is 13.8. The maximum absolute atomic E-state index is 11.5. The van der Waals surface area contributed by atoms with Crippen LogP contribution in [-0.4, -0.2) is 48.6 Å². The third-order valence-corrected chi connectivity index (χ3v) is 3.35. The fourth-order valence-corrected chi connectivity index (χ4v) is 2.18. The Morgan fingerprint density at radius 1 is 1.47 bits per heavy atom. The van der Waals surface area contributed by atoms with E-state index in [0.29, 0.717) is 18.2 Å². The summed E-state index contributed by atoms with van der Waals surface area (Å²) in [4.78, 5) is 18.1. The van der Waals surface area contributed by atoms with Gasteiger partial charge in [0.15, 0.2) is 0 Å². The Labute approximate surface area is 114 Å². The number of esters is 1. The van der Waals surface area contributed by atoms with E-state index in [4.69, 9.17) is 4.74 Å². The highest BCUT2D eigenvalue weighted by atomic mass is 16.5. The van der Waals surface area contributed by atoms with Crippen molar-refractivity contribution in [3.8, 4) is 0 Å². The van der Waals surface area contributed by atoms with Gasteiger partial charge in [0, 0.05) is 12.2 Å². The van der Waals surface area contributed by atoms with E-state index >= 15 is 0 Å². The van der Waals surface area contributed by atoms with Crippen LogP contribution in [0.15, 0.2) is 18.3 Å². The summed E-state index contributed by atoms with van der Waals surface area (Å²) in [5.41, 5.74) is 0.496. The molecule has 1 aliphatic heterocycles. The van der Waals surface area contributed by atoms with Crippen LogP contribution in [0.25, 0.3) is 0 Å². The molecule has 104 valence electrons. The van der Waals surface area contributed by atoms with Crippen molar-refractivity contribution in [2.75, 3.05) is 32.1 Å². The molecule has 1 saturated heterocycles. The Hall–Kier alpha value is -1.62. The van der Waals surface area contributed by atoms with E-state index in [1.54, 1.807) is 19.2 Å². The van der Waals surface area contributed by atoms with E-state index in [1.165, 1.54) is 0 Å². The van der Waals surface area contributed by atoms with Crippen LogP contribution in [0.2, 0.25) is 0 Å². The number of nitrogens with one attached hydrogen (secondary N) is 1. The van der Waals surface area contributed by atoms with Crippen molar-refractivity contribution in [3.63, 3.8) is 0 Å². The van der Waals surface area contributed by atoms with Gasteiger partial charge in [-0.05, 0) is 52.0 Å². The first-order chi connectivity index (χ1) is 9.19. The molecule has 0 atom stereocenters. The summed E-state index contributed by atoms with van der Waals surface area (Å²) in [5.74, 6) is 0.503. The van der Waals surface area contributed by atoms with Gasteiger partial charge in [0.1, 0.15) is 5.82 Å². The molecule has 5 nitrogen and oxygen atoms in total. The fraction of sp³-hybridized carbons (Fsp3) is 0.571. The molecular weight excluding hydrogens is 242 g/mol. The highest BCUT2D eigenvalue weighted by Gasteiger charge is 2.16. The smallest absolute Gasteiger partial charge is 0.339 e. The van der Waals surface area contributed by atoms with Crippen molar-refractivity contribution in [1.82, 2.24) is 9.88 Å². The average molecular weight is 263 g/mol. The molecule has 1 N–H and O–H groups in total. The molecule has 1 aromatic heterocycles. The highest BCUT2D eigenvalue weighted by Crippen LogP contribution is 2.14. The summed E-state index contributed by atoms with van der Waals surface area (Å²) >= 11 is 0. The number of carbonyl (C=O) groups excluding carboxylic acids is 1. The quantitative estimate of drug-likeness (QED) is 0.839. The van der Waals surface area contributed by atoms with Crippen LogP contribution < -0.4 is 5.32 Å². The normalized spacial score (nSPS) is 17.2. The molecule has 0 aromatic carbocycles. The second kappa shape index (κ2) is 6.52. The largest absolute Gasteiger partial charge is 0.462 e. The molecule has 0 saturated carbocycles. The van der Waals surface area contributed by atoms with Gasteiger partial charge in [0.25, 0.3) is 0 Å². The van der Waals surface area contributed by atoms with Crippen LogP contribution in [0, 0.1) is 0 Å². The molecule has 0 aliphatic carbocycles. The van der Waals surface area contributed by atoms with Crippen LogP contribution >= 0.6 is 0 Å². The van der Waals surface area contributed by atoms with Gasteiger partial charge in [0.2, 0.25) is 0 Å². The molecule has 19 heavy (non-hydrogen) atoms. The maximum Gasteiger partial charge on any atom is 0.339 e. The summed E-state index contributed by atoms with van der Waals surface area (Å²) in [6.07, 6.45) is 3.81. The number of likely N-dealkylation sites (tertiary alicyclic amines) is 1. The van der Waals surface area contributed by atoms with Gasteiger partial charge >= 0.3 is 5.97 Å². The second-order valence-corrected chi connectivity index (χ2v) is 4.87. The van der Waals surface area contributed by atoms with E-state index in [1.807, 2.05) is 6.07 Å². The van der Waals surface area contributed by atoms with Crippen molar-refractivity contribution < 1.29 is 9.53 Å². The van der Waals surface area contributed by atoms with Crippen LogP contribution in [0.1, 0.15) is 30.1 Å². The topological polar surface area (TPSA) is 54.5 Å². The molecule has 0 amide bonds. The van der Waals surface area contributed by atoms with Crippen molar-refractivity contribution in [2.24, 2.45) is 0 Å². The van der Waals surface area contributed by atoms with Gasteiger partial charge in [-0.25, -0.2) is 9.78 Å². The Kier molecular flexibility index (Phi) is 4.74. The van der Waals surface area contributed by atoms with Gasteiger partial charge in [0.05, 0.1) is 12.2 Å². The van der Waals surface area contributed by atoms with E-state index in [0.717, 1.165) is 31.7 Å². The molecule has 5 heteroatoms. The summed E-state index contributed by atoms with van der Waals surface area (Å²) in [5, 5.41) is 3.41. The highest BCUT2D eigenvalue weighted by molar-refractivity contribution is 5.89. The first-order valence-corrected chi connectivity index (χ1v) is 6.77. The standard InChI is InChI=1S/C14H21N3O2/c1-3-19-14(18)11-4-5-13(15-10-11)16-12-6-8-17(2)9-7-12/h4-5,10,12H,3,6-9H2,1-2H3,(H,15,16). The molecule has 1 aromatic rings. The zero-order valence-electron chi connectivity index (χ0n) is 11.6. The summed E-state index contributed by atoms with van der Waals surface area (Å²) in [6.45, 7) is 4.40. The van der Waals surface area contributed by atoms with Crippen LogP contribution in [0.3, 0.4) is 0 Å². The van der Waals surface area contributed by atoms with Gasteiger partial charge in [-0.3, -0.25) is 0 Å². The minimum atomic E-state index is -0.319. The predicted molar refractivity (Wildman–Crippen MR) is 74.3 cm³/mol. The molecule has 1 aliphatic rings. The molecule has 2 heterocycles. The minimum absolute atomic E-state index is 0.319. The number of ether oxygens (including phenoxy) is 1.